The highest BCUT2D eigenvalue weighted by molar-refractivity contribution is 7.90. The molecule has 0 spiro atoms. The minimum Gasteiger partial charge on any atom is -0.354 e. The highest BCUT2D eigenvalue weighted by Gasteiger charge is 2.50. The minimum atomic E-state index is -5.29. The van der Waals surface area contributed by atoms with Gasteiger partial charge >= 0.3 is 15.5 Å². The molecule has 1 aromatic rings. The van der Waals surface area contributed by atoms with Crippen LogP contribution >= 0.6 is 0 Å². The first-order valence-corrected chi connectivity index (χ1v) is 10.9. The van der Waals surface area contributed by atoms with Gasteiger partial charge in [-0.15, -0.1) is 0 Å². The fourth-order valence-corrected chi connectivity index (χ4v) is 3.98. The first-order chi connectivity index (χ1) is 14.1. The van der Waals surface area contributed by atoms with Crippen LogP contribution in [0.15, 0.2) is 29.3 Å². The Kier molecular flexibility index (Phi) is 8.07. The second-order valence-electron chi connectivity index (χ2n) is 6.75. The van der Waals surface area contributed by atoms with Gasteiger partial charge in [-0.1, -0.05) is 12.1 Å². The number of guanidine groups is 1. The van der Waals surface area contributed by atoms with Gasteiger partial charge in [0.1, 0.15) is 0 Å². The Morgan fingerprint density at radius 1 is 1.17 bits per heavy atom. The molecule has 0 bridgehead atoms. The maximum atomic E-state index is 12.7. The Morgan fingerprint density at radius 2 is 1.77 bits per heavy atom. The molecule has 168 valence electrons. The van der Waals surface area contributed by atoms with Gasteiger partial charge in [-0.2, -0.15) is 17.5 Å². The van der Waals surface area contributed by atoms with Crippen LogP contribution in [0.25, 0.3) is 0 Å². The van der Waals surface area contributed by atoms with Crippen molar-refractivity contribution in [2.75, 3.05) is 26.7 Å². The molecule has 0 radical (unpaired) electrons. The maximum absolute atomic E-state index is 12.7. The summed E-state index contributed by atoms with van der Waals surface area (Å²) in [7, 11) is -3.72. The molecular formula is C18H26F3N5O3S. The van der Waals surface area contributed by atoms with Crippen LogP contribution in [0, 0.1) is 0 Å². The van der Waals surface area contributed by atoms with Gasteiger partial charge in [-0.05, 0) is 37.5 Å². The molecule has 1 aromatic carbocycles. The molecule has 0 saturated carbocycles. The zero-order valence-corrected chi connectivity index (χ0v) is 17.6. The van der Waals surface area contributed by atoms with Crippen LogP contribution in [0.2, 0.25) is 0 Å². The summed E-state index contributed by atoms with van der Waals surface area (Å²) in [6.07, 6.45) is 0.467. The van der Waals surface area contributed by atoms with Gasteiger partial charge in [0, 0.05) is 44.8 Å². The summed E-state index contributed by atoms with van der Waals surface area (Å²) >= 11 is 0. The third-order valence-corrected chi connectivity index (χ3v) is 6.29. The van der Waals surface area contributed by atoms with Gasteiger partial charge in [0.2, 0.25) is 0 Å². The quantitative estimate of drug-likeness (QED) is 0.450. The van der Waals surface area contributed by atoms with E-state index in [4.69, 9.17) is 0 Å². The van der Waals surface area contributed by atoms with Crippen molar-refractivity contribution < 1.29 is 26.4 Å². The lowest BCUT2D eigenvalue weighted by atomic mass is 10.1. The summed E-state index contributed by atoms with van der Waals surface area (Å²) in [6.45, 7) is 2.39. The smallest absolute Gasteiger partial charge is 0.354 e. The molecule has 30 heavy (non-hydrogen) atoms. The largest absolute Gasteiger partial charge is 0.511 e. The SMILES string of the molecule is CCNC(=O)c1ccc(CNC(=NC)NC2CCN(S(=O)(=O)C(F)(F)F)CC2)cc1. The molecule has 0 aromatic heterocycles. The first kappa shape index (κ1) is 23.9. The lowest BCUT2D eigenvalue weighted by Crippen LogP contribution is -2.51. The Hall–Kier alpha value is -2.34. The van der Waals surface area contributed by atoms with Crippen LogP contribution in [-0.4, -0.2) is 62.8 Å². The molecule has 1 aliphatic heterocycles. The molecule has 1 aliphatic rings. The normalized spacial score (nSPS) is 16.9. The van der Waals surface area contributed by atoms with E-state index in [2.05, 4.69) is 20.9 Å². The third-order valence-electron chi connectivity index (χ3n) is 4.66. The number of nitrogens with one attached hydrogen (secondary N) is 3. The molecular weight excluding hydrogens is 423 g/mol. The highest BCUT2D eigenvalue weighted by Crippen LogP contribution is 2.28. The van der Waals surface area contributed by atoms with E-state index in [-0.39, 0.29) is 37.9 Å². The number of amides is 1. The molecule has 3 N–H and O–H groups in total. The summed E-state index contributed by atoms with van der Waals surface area (Å²) in [5, 5.41) is 8.92. The molecule has 8 nitrogen and oxygen atoms in total. The molecule has 0 unspecified atom stereocenters. The lowest BCUT2D eigenvalue weighted by Gasteiger charge is -2.32. The van der Waals surface area contributed by atoms with E-state index in [1.165, 1.54) is 0 Å². The average molecular weight is 449 g/mol. The number of nitrogens with zero attached hydrogens (tertiary/aromatic N) is 2. The Bertz CT molecular complexity index is 849. The highest BCUT2D eigenvalue weighted by atomic mass is 32.2. The first-order valence-electron chi connectivity index (χ1n) is 9.49. The van der Waals surface area contributed by atoms with Crippen LogP contribution < -0.4 is 16.0 Å². The van der Waals surface area contributed by atoms with Crippen molar-refractivity contribution in [1.29, 1.82) is 0 Å². The Labute approximate surface area is 174 Å². The second kappa shape index (κ2) is 10.1. The van der Waals surface area contributed by atoms with Crippen molar-refractivity contribution in [1.82, 2.24) is 20.3 Å². The van der Waals surface area contributed by atoms with Crippen molar-refractivity contribution in [2.45, 2.75) is 37.9 Å². The number of rotatable bonds is 6. The molecule has 1 amide bonds. The number of hydrogen-bond donors (Lipinski definition) is 3. The van der Waals surface area contributed by atoms with Crippen LogP contribution in [0.5, 0.6) is 0 Å². The van der Waals surface area contributed by atoms with E-state index in [0.717, 1.165) is 5.56 Å². The number of carbonyl (C=O) groups excluding carboxylic acids is 1. The van der Waals surface area contributed by atoms with E-state index in [1.54, 1.807) is 19.2 Å². The summed E-state index contributed by atoms with van der Waals surface area (Å²) in [5.74, 6) is 0.313. The van der Waals surface area contributed by atoms with Gasteiger partial charge in [0.05, 0.1) is 0 Å². The van der Waals surface area contributed by atoms with Gasteiger partial charge in [-0.3, -0.25) is 9.79 Å². The molecule has 0 aliphatic carbocycles. The van der Waals surface area contributed by atoms with Crippen molar-refractivity contribution in [3.8, 4) is 0 Å². The predicted molar refractivity (Wildman–Crippen MR) is 107 cm³/mol. The van der Waals surface area contributed by atoms with Crippen molar-refractivity contribution in [3.63, 3.8) is 0 Å². The summed E-state index contributed by atoms with van der Waals surface area (Å²) < 4.78 is 61.4. The number of piperidine rings is 1. The monoisotopic (exact) mass is 449 g/mol. The van der Waals surface area contributed by atoms with Crippen LogP contribution in [0.3, 0.4) is 0 Å². The third kappa shape index (κ3) is 6.08. The van der Waals surface area contributed by atoms with E-state index < -0.39 is 15.5 Å². The number of benzene rings is 1. The number of carbonyl (C=O) groups is 1. The van der Waals surface area contributed by atoms with E-state index >= 15 is 0 Å². The fraction of sp³-hybridized carbons (Fsp3) is 0.556. The maximum Gasteiger partial charge on any atom is 0.511 e. The van der Waals surface area contributed by atoms with Crippen molar-refractivity contribution in [2.24, 2.45) is 4.99 Å². The van der Waals surface area contributed by atoms with Crippen molar-refractivity contribution >= 4 is 21.9 Å². The number of alkyl halides is 3. The molecule has 2 rings (SSSR count). The van der Waals surface area contributed by atoms with Crippen molar-refractivity contribution in [3.05, 3.63) is 35.4 Å². The molecule has 1 heterocycles. The topological polar surface area (TPSA) is 103 Å². The zero-order chi connectivity index (χ0) is 22.4. The number of aliphatic imine (C=N–C) groups is 1. The molecule has 1 fully saturated rings. The molecule has 1 saturated heterocycles. The summed E-state index contributed by atoms with van der Waals surface area (Å²) in [4.78, 5) is 15.9. The molecule has 12 heteroatoms. The summed E-state index contributed by atoms with van der Waals surface area (Å²) in [5.41, 5.74) is -3.81. The second-order valence-corrected chi connectivity index (χ2v) is 8.68. The Morgan fingerprint density at radius 3 is 2.27 bits per heavy atom. The number of hydrogen-bond acceptors (Lipinski definition) is 4. The number of halogens is 3. The van der Waals surface area contributed by atoms with E-state index in [0.29, 0.717) is 28.9 Å². The Balaban J connectivity index is 1.84. The average Bonchev–Trinajstić information content (AvgIpc) is 2.71. The van der Waals surface area contributed by atoms with Gasteiger partial charge in [0.25, 0.3) is 5.91 Å². The van der Waals surface area contributed by atoms with E-state index in [1.807, 2.05) is 19.1 Å². The predicted octanol–water partition coefficient (Wildman–Crippen LogP) is 1.42. The van der Waals surface area contributed by atoms with Gasteiger partial charge in [0.15, 0.2) is 5.96 Å². The van der Waals surface area contributed by atoms with Gasteiger partial charge < -0.3 is 16.0 Å². The molecule has 0 atom stereocenters. The zero-order valence-electron chi connectivity index (χ0n) is 16.8. The lowest BCUT2D eigenvalue weighted by molar-refractivity contribution is -0.0494. The minimum absolute atomic E-state index is 0.145. The van der Waals surface area contributed by atoms with Gasteiger partial charge in [-0.25, -0.2) is 8.42 Å². The summed E-state index contributed by atoms with van der Waals surface area (Å²) in [6, 6.07) is 6.86. The van der Waals surface area contributed by atoms with Crippen LogP contribution in [0.4, 0.5) is 13.2 Å². The van der Waals surface area contributed by atoms with Crippen LogP contribution in [-0.2, 0) is 16.6 Å². The standard InChI is InChI=1S/C18H26F3N5O3S/c1-3-23-16(27)14-6-4-13(5-7-14)12-24-17(22-2)25-15-8-10-26(11-9-15)30(28,29)18(19,20)21/h4-7,15H,3,8-12H2,1-2H3,(H,23,27)(H2,22,24,25). The number of sulfonamides is 1. The van der Waals surface area contributed by atoms with Crippen LogP contribution in [0.1, 0.15) is 35.7 Å². The fourth-order valence-electron chi connectivity index (χ4n) is 3.00. The van der Waals surface area contributed by atoms with E-state index in [9.17, 15) is 26.4 Å².